The van der Waals surface area contributed by atoms with Crippen molar-refractivity contribution in [2.75, 3.05) is 13.7 Å². The van der Waals surface area contributed by atoms with Crippen LogP contribution in [0.25, 0.3) is 11.0 Å². The van der Waals surface area contributed by atoms with Gasteiger partial charge in [-0.15, -0.1) is 11.6 Å². The summed E-state index contributed by atoms with van der Waals surface area (Å²) in [6, 6.07) is 5.65. The van der Waals surface area contributed by atoms with Crippen LogP contribution in [-0.2, 0) is 11.3 Å². The lowest BCUT2D eigenvalue weighted by Gasteiger charge is -2.09. The van der Waals surface area contributed by atoms with Gasteiger partial charge in [0.2, 0.25) is 0 Å². The van der Waals surface area contributed by atoms with Crippen LogP contribution in [0.15, 0.2) is 18.2 Å². The second-order valence-electron chi connectivity index (χ2n) is 3.86. The van der Waals surface area contributed by atoms with Crippen molar-refractivity contribution < 1.29 is 4.74 Å². The SMILES string of the molecule is COCCn1c(C(C)Cl)nc2ccc(Cl)cc21. The molecule has 0 amide bonds. The smallest absolute Gasteiger partial charge is 0.127 e. The van der Waals surface area contributed by atoms with E-state index in [1.54, 1.807) is 7.11 Å². The van der Waals surface area contributed by atoms with Crippen LogP contribution in [0.3, 0.4) is 0 Å². The van der Waals surface area contributed by atoms with Crippen LogP contribution in [0.4, 0.5) is 0 Å². The summed E-state index contributed by atoms with van der Waals surface area (Å²) >= 11 is 12.1. The van der Waals surface area contributed by atoms with Gasteiger partial charge in [-0.05, 0) is 25.1 Å². The molecule has 92 valence electrons. The number of rotatable bonds is 4. The van der Waals surface area contributed by atoms with Crippen molar-refractivity contribution >= 4 is 34.2 Å². The first-order chi connectivity index (χ1) is 8.13. The average molecular weight is 273 g/mol. The van der Waals surface area contributed by atoms with Crippen molar-refractivity contribution in [2.24, 2.45) is 0 Å². The van der Waals surface area contributed by atoms with E-state index in [1.165, 1.54) is 0 Å². The lowest BCUT2D eigenvalue weighted by atomic mass is 10.3. The molecular formula is C12H14Cl2N2O. The summed E-state index contributed by atoms with van der Waals surface area (Å²) in [5, 5.41) is 0.558. The van der Waals surface area contributed by atoms with Crippen LogP contribution in [0, 0.1) is 0 Å². The Balaban J connectivity index is 2.56. The monoisotopic (exact) mass is 272 g/mol. The van der Waals surface area contributed by atoms with E-state index >= 15 is 0 Å². The number of benzene rings is 1. The Hall–Kier alpha value is -0.770. The number of methoxy groups -OCH3 is 1. The molecule has 0 saturated carbocycles. The zero-order chi connectivity index (χ0) is 12.4. The normalized spacial score (nSPS) is 13.2. The fourth-order valence-electron chi connectivity index (χ4n) is 1.84. The van der Waals surface area contributed by atoms with Gasteiger partial charge in [0.15, 0.2) is 0 Å². The number of hydrogen-bond acceptors (Lipinski definition) is 2. The molecule has 0 spiro atoms. The molecule has 1 heterocycles. The first-order valence-electron chi connectivity index (χ1n) is 5.42. The van der Waals surface area contributed by atoms with Gasteiger partial charge in [-0.1, -0.05) is 11.6 Å². The lowest BCUT2D eigenvalue weighted by Crippen LogP contribution is -2.08. The number of alkyl halides is 1. The highest BCUT2D eigenvalue weighted by molar-refractivity contribution is 6.31. The van der Waals surface area contributed by atoms with Crippen molar-refractivity contribution in [3.05, 3.63) is 29.0 Å². The maximum absolute atomic E-state index is 6.14. The highest BCUT2D eigenvalue weighted by Crippen LogP contribution is 2.26. The average Bonchev–Trinajstić information content (AvgIpc) is 2.64. The fraction of sp³-hybridized carbons (Fsp3) is 0.417. The largest absolute Gasteiger partial charge is 0.383 e. The Bertz CT molecular complexity index is 522. The topological polar surface area (TPSA) is 27.1 Å². The van der Waals surface area contributed by atoms with E-state index in [-0.39, 0.29) is 5.38 Å². The summed E-state index contributed by atoms with van der Waals surface area (Å²) < 4.78 is 7.16. The Morgan fingerprint density at radius 2 is 2.24 bits per heavy atom. The van der Waals surface area contributed by atoms with Crippen LogP contribution < -0.4 is 0 Å². The van der Waals surface area contributed by atoms with E-state index in [4.69, 9.17) is 27.9 Å². The molecule has 0 radical (unpaired) electrons. The summed E-state index contributed by atoms with van der Waals surface area (Å²) in [4.78, 5) is 4.52. The van der Waals surface area contributed by atoms with E-state index in [0.717, 1.165) is 23.4 Å². The second-order valence-corrected chi connectivity index (χ2v) is 4.95. The maximum atomic E-state index is 6.14. The van der Waals surface area contributed by atoms with E-state index in [0.29, 0.717) is 11.6 Å². The third-order valence-electron chi connectivity index (χ3n) is 2.61. The minimum absolute atomic E-state index is 0.141. The molecule has 0 saturated heterocycles. The second kappa shape index (κ2) is 5.25. The summed E-state index contributed by atoms with van der Waals surface area (Å²) in [6.45, 7) is 3.25. The van der Waals surface area contributed by atoms with Crippen LogP contribution in [-0.4, -0.2) is 23.3 Å². The van der Waals surface area contributed by atoms with E-state index in [2.05, 4.69) is 9.55 Å². The minimum atomic E-state index is -0.141. The highest BCUT2D eigenvalue weighted by atomic mass is 35.5. The zero-order valence-electron chi connectivity index (χ0n) is 9.78. The zero-order valence-corrected chi connectivity index (χ0v) is 11.3. The number of halogens is 2. The van der Waals surface area contributed by atoms with Gasteiger partial charge in [0, 0.05) is 18.7 Å². The number of fused-ring (bicyclic) bond motifs is 1. The predicted octanol–water partition coefficient (Wildman–Crippen LogP) is 3.64. The first kappa shape index (κ1) is 12.7. The molecule has 0 fully saturated rings. The van der Waals surface area contributed by atoms with Gasteiger partial charge >= 0.3 is 0 Å². The Morgan fingerprint density at radius 3 is 2.88 bits per heavy atom. The van der Waals surface area contributed by atoms with Crippen LogP contribution in [0.5, 0.6) is 0 Å². The standard InChI is InChI=1S/C12H14Cl2N2O/c1-8(13)12-15-10-4-3-9(14)7-11(10)16(12)5-6-17-2/h3-4,7-8H,5-6H2,1-2H3. The van der Waals surface area contributed by atoms with Gasteiger partial charge < -0.3 is 9.30 Å². The number of ether oxygens (including phenoxy) is 1. The van der Waals surface area contributed by atoms with Gasteiger partial charge in [0.05, 0.1) is 23.0 Å². The summed E-state index contributed by atoms with van der Waals surface area (Å²) in [6.07, 6.45) is 0. The van der Waals surface area contributed by atoms with E-state index in [1.807, 2.05) is 25.1 Å². The number of nitrogens with zero attached hydrogens (tertiary/aromatic N) is 2. The van der Waals surface area contributed by atoms with Gasteiger partial charge in [-0.3, -0.25) is 0 Å². The number of hydrogen-bond donors (Lipinski definition) is 0. The molecule has 0 aliphatic rings. The molecule has 1 aromatic carbocycles. The molecule has 2 aromatic rings. The van der Waals surface area contributed by atoms with Crippen molar-refractivity contribution in [1.29, 1.82) is 0 Å². The third kappa shape index (κ3) is 2.57. The quantitative estimate of drug-likeness (QED) is 0.795. The van der Waals surface area contributed by atoms with Crippen molar-refractivity contribution in [3.63, 3.8) is 0 Å². The van der Waals surface area contributed by atoms with Gasteiger partial charge in [-0.2, -0.15) is 0 Å². The van der Waals surface area contributed by atoms with Crippen molar-refractivity contribution in [3.8, 4) is 0 Å². The summed E-state index contributed by atoms with van der Waals surface area (Å²) in [5.74, 6) is 0.848. The van der Waals surface area contributed by atoms with Crippen LogP contribution in [0.2, 0.25) is 5.02 Å². The van der Waals surface area contributed by atoms with E-state index < -0.39 is 0 Å². The molecule has 0 bridgehead atoms. The van der Waals surface area contributed by atoms with Crippen LogP contribution in [0.1, 0.15) is 18.1 Å². The molecule has 2 rings (SSSR count). The number of imidazole rings is 1. The molecule has 0 N–H and O–H groups in total. The Morgan fingerprint density at radius 1 is 1.47 bits per heavy atom. The molecule has 1 atom stereocenters. The molecule has 17 heavy (non-hydrogen) atoms. The van der Waals surface area contributed by atoms with E-state index in [9.17, 15) is 0 Å². The molecule has 3 nitrogen and oxygen atoms in total. The molecule has 5 heteroatoms. The minimum Gasteiger partial charge on any atom is -0.383 e. The first-order valence-corrected chi connectivity index (χ1v) is 6.23. The van der Waals surface area contributed by atoms with Gasteiger partial charge in [-0.25, -0.2) is 4.98 Å². The fourth-order valence-corrected chi connectivity index (χ4v) is 2.17. The Kier molecular flexibility index (Phi) is 3.92. The van der Waals surface area contributed by atoms with Crippen LogP contribution >= 0.6 is 23.2 Å². The van der Waals surface area contributed by atoms with Gasteiger partial charge in [0.1, 0.15) is 5.82 Å². The molecule has 1 unspecified atom stereocenters. The lowest BCUT2D eigenvalue weighted by molar-refractivity contribution is 0.187. The Labute approximate surface area is 110 Å². The summed E-state index contributed by atoms with van der Waals surface area (Å²) in [5.41, 5.74) is 1.91. The van der Waals surface area contributed by atoms with Crippen molar-refractivity contribution in [2.45, 2.75) is 18.8 Å². The molecule has 0 aliphatic carbocycles. The third-order valence-corrected chi connectivity index (χ3v) is 3.04. The molecule has 1 aromatic heterocycles. The van der Waals surface area contributed by atoms with Crippen molar-refractivity contribution in [1.82, 2.24) is 9.55 Å². The van der Waals surface area contributed by atoms with Gasteiger partial charge in [0.25, 0.3) is 0 Å². The predicted molar refractivity (Wildman–Crippen MR) is 70.9 cm³/mol. The molecule has 0 aliphatic heterocycles. The number of aromatic nitrogens is 2. The summed E-state index contributed by atoms with van der Waals surface area (Å²) in [7, 11) is 1.68. The maximum Gasteiger partial charge on any atom is 0.127 e. The highest BCUT2D eigenvalue weighted by Gasteiger charge is 2.14. The molecular weight excluding hydrogens is 259 g/mol.